The van der Waals surface area contributed by atoms with Crippen LogP contribution in [0.2, 0.25) is 0 Å². The molecule has 0 radical (unpaired) electrons. The van der Waals surface area contributed by atoms with Crippen LogP contribution in [0.4, 0.5) is 10.5 Å². The van der Waals surface area contributed by atoms with Gasteiger partial charge in [-0.3, -0.25) is 14.5 Å². The molecule has 63 heavy (non-hydrogen) atoms. The van der Waals surface area contributed by atoms with Crippen LogP contribution in [0.3, 0.4) is 0 Å². The van der Waals surface area contributed by atoms with E-state index in [1.807, 2.05) is 96.1 Å². The summed E-state index contributed by atoms with van der Waals surface area (Å²) in [4.78, 5) is 58.1. The number of aliphatic hydroxyl groups excluding tert-OH is 1. The Bertz CT molecular complexity index is 2020. The molecule has 346 valence electrons. The predicted octanol–water partition coefficient (Wildman–Crippen LogP) is 5.24. The molecule has 16 nitrogen and oxygen atoms in total. The molecule has 1 aromatic heterocycles. The molecule has 5 aliphatic rings. The van der Waals surface area contributed by atoms with Crippen LogP contribution >= 0.6 is 0 Å². The monoisotopic (exact) mass is 877 g/mol. The lowest BCUT2D eigenvalue weighted by Gasteiger charge is -2.48. The number of aliphatic hydroxyl groups is 1. The number of oxime groups is 1. The number of hydrogen-bond acceptors (Lipinski definition) is 15. The molecule has 3 unspecified atom stereocenters. The van der Waals surface area contributed by atoms with Crippen molar-refractivity contribution in [2.45, 2.75) is 141 Å². The number of ether oxygens (including phenoxy) is 6. The lowest BCUT2D eigenvalue weighted by Crippen LogP contribution is -2.61. The Balaban J connectivity index is 1.35. The molecule has 1 amide bonds. The summed E-state index contributed by atoms with van der Waals surface area (Å²) in [6, 6.07) is 12.0. The second kappa shape index (κ2) is 18.7. The number of Topliss-reactive ketones (excluding diaryl/α,β-unsaturated/α-hetero) is 1. The van der Waals surface area contributed by atoms with Gasteiger partial charge in [0.15, 0.2) is 18.5 Å². The van der Waals surface area contributed by atoms with Crippen molar-refractivity contribution in [3.63, 3.8) is 0 Å². The van der Waals surface area contributed by atoms with E-state index in [0.29, 0.717) is 35.6 Å². The van der Waals surface area contributed by atoms with Gasteiger partial charge in [-0.2, -0.15) is 0 Å². The number of aromatic nitrogens is 1. The SMILES string of the molecule is CC[C@H]1OC(=O)[C@H](C)[C@H]2OCC3COC(C)(C[C@@H](C)C(=O)[C@H](C)[C@@H]4N(C/C3=N/OCc3cccc(-c5cccc(N)c5)n3)C(=O)OC41C)[C@H](O[C@@H]1O[C@H](C)C[C@H](N(C)C)[C@H]1O)[C@H]2C. The third-order valence-electron chi connectivity index (χ3n) is 14.2. The predicted molar refractivity (Wildman–Crippen MR) is 233 cm³/mol. The van der Waals surface area contributed by atoms with E-state index < -0.39 is 89.6 Å². The van der Waals surface area contributed by atoms with E-state index in [-0.39, 0.29) is 50.7 Å². The number of benzene rings is 1. The van der Waals surface area contributed by atoms with Gasteiger partial charge in [-0.1, -0.05) is 51.0 Å². The Morgan fingerprint density at radius 1 is 1.03 bits per heavy atom. The van der Waals surface area contributed by atoms with Gasteiger partial charge in [-0.05, 0) is 85.3 Å². The lowest BCUT2D eigenvalue weighted by molar-refractivity contribution is -0.302. The first-order valence-corrected chi connectivity index (χ1v) is 22.5. The highest BCUT2D eigenvalue weighted by Gasteiger charge is 2.61. The van der Waals surface area contributed by atoms with Crippen LogP contribution in [0.25, 0.3) is 11.3 Å². The molecule has 5 saturated heterocycles. The van der Waals surface area contributed by atoms with Gasteiger partial charge in [0, 0.05) is 41.0 Å². The number of pyridine rings is 1. The number of carbonyl (C=O) groups is 3. The number of rotatable bonds is 8. The summed E-state index contributed by atoms with van der Waals surface area (Å²) in [7, 11) is 3.82. The maximum atomic E-state index is 14.9. The number of carbonyl (C=O) groups excluding carboxylic acids is 3. The van der Waals surface area contributed by atoms with Crippen LogP contribution in [-0.4, -0.2) is 137 Å². The van der Waals surface area contributed by atoms with Crippen LogP contribution in [0.1, 0.15) is 80.3 Å². The molecular weight excluding hydrogens is 811 g/mol. The zero-order valence-corrected chi connectivity index (χ0v) is 38.4. The Labute approximate surface area is 371 Å². The number of fused-ring (bicyclic) bond motifs is 5. The van der Waals surface area contributed by atoms with Gasteiger partial charge in [0.1, 0.15) is 18.0 Å². The number of cyclic esters (lactones) is 1. The van der Waals surface area contributed by atoms with E-state index in [4.69, 9.17) is 49.1 Å². The van der Waals surface area contributed by atoms with Gasteiger partial charge in [-0.25, -0.2) is 9.78 Å². The van der Waals surface area contributed by atoms with Crippen LogP contribution in [0, 0.1) is 29.6 Å². The number of nitrogens with zero attached hydrogens (tertiary/aromatic N) is 4. The highest BCUT2D eigenvalue weighted by atomic mass is 16.7. The number of nitrogens with two attached hydrogens (primary N) is 1. The van der Waals surface area contributed by atoms with Crippen molar-refractivity contribution in [2.24, 2.45) is 34.7 Å². The molecule has 0 aliphatic carbocycles. The maximum Gasteiger partial charge on any atom is 0.411 e. The number of hydrogen-bond donors (Lipinski definition) is 2. The highest BCUT2D eigenvalue weighted by molar-refractivity contribution is 5.92. The average Bonchev–Trinajstić information content (AvgIpc) is 3.52. The smallest absolute Gasteiger partial charge is 0.411 e. The fraction of sp³-hybridized carbons (Fsp3) is 0.681. The summed E-state index contributed by atoms with van der Waals surface area (Å²) in [6.07, 6.45) is -4.47. The Morgan fingerprint density at radius 3 is 2.49 bits per heavy atom. The topological polar surface area (TPSA) is 194 Å². The number of nitrogen functional groups attached to an aromatic ring is 1. The first-order valence-electron chi connectivity index (χ1n) is 22.5. The van der Waals surface area contributed by atoms with Crippen molar-refractivity contribution >= 4 is 29.2 Å². The second-order valence-electron chi connectivity index (χ2n) is 19.1. The van der Waals surface area contributed by atoms with E-state index in [1.165, 1.54) is 4.90 Å². The first-order chi connectivity index (χ1) is 29.8. The van der Waals surface area contributed by atoms with E-state index >= 15 is 0 Å². The molecule has 0 saturated carbocycles. The zero-order valence-electron chi connectivity index (χ0n) is 38.4. The molecule has 15 atom stereocenters. The largest absolute Gasteiger partial charge is 0.458 e. The second-order valence-corrected chi connectivity index (χ2v) is 19.1. The fourth-order valence-electron chi connectivity index (χ4n) is 10.8. The quantitative estimate of drug-likeness (QED) is 0.199. The van der Waals surface area contributed by atoms with E-state index in [1.54, 1.807) is 20.8 Å². The molecular formula is C47H67N5O11. The average molecular weight is 878 g/mol. The highest BCUT2D eigenvalue weighted by Crippen LogP contribution is 2.45. The van der Waals surface area contributed by atoms with Gasteiger partial charge in [-0.15, -0.1) is 0 Å². The van der Waals surface area contributed by atoms with Crippen LogP contribution in [-0.2, 0) is 49.5 Å². The van der Waals surface area contributed by atoms with Crippen molar-refractivity contribution in [2.75, 3.05) is 39.6 Å². The van der Waals surface area contributed by atoms with Gasteiger partial charge in [0.05, 0.1) is 72.7 Å². The molecule has 1 aromatic carbocycles. The van der Waals surface area contributed by atoms with Crippen molar-refractivity contribution in [1.29, 1.82) is 0 Å². The van der Waals surface area contributed by atoms with Gasteiger partial charge in [0.2, 0.25) is 0 Å². The summed E-state index contributed by atoms with van der Waals surface area (Å²) in [5, 5.41) is 16.5. The minimum Gasteiger partial charge on any atom is -0.458 e. The summed E-state index contributed by atoms with van der Waals surface area (Å²) in [6.45, 7) is 14.8. The van der Waals surface area contributed by atoms with E-state index in [0.717, 1.165) is 5.56 Å². The Kier molecular flexibility index (Phi) is 13.9. The van der Waals surface area contributed by atoms with Crippen molar-refractivity contribution in [1.82, 2.24) is 14.8 Å². The molecule has 0 spiro atoms. The molecule has 16 heteroatoms. The number of ketones is 1. The first kappa shape index (κ1) is 46.8. The standard InChI is InChI=1S/C47H67N5O11/c1-11-37-47(8)41-27(4)38(53)25(2)20-46(7)42(62-44-39(54)36(51(9)10)18-26(3)60-44)28(5)40(29(6)43(55)61-37)57-22-31(23-58-46)35(21-52(41)45(56)63-47)50-59-24-33-16-13-17-34(49-33)30-14-12-15-32(48)19-30/h12-17,19,25-29,31,36-37,39-42,44,54H,11,18,20-24,48H2,1-10H3/b50-35-/t25-,26-,27+,28+,29-,31?,36+,37-,39-,40+,41+,42-,44+,46?,47?/m1/s1. The number of likely N-dealkylation sites (N-methyl/N-ethyl adjacent to an activating group) is 1. The molecule has 7 rings (SSSR count). The lowest BCUT2D eigenvalue weighted by atomic mass is 9.73. The molecule has 6 heterocycles. The third-order valence-corrected chi connectivity index (χ3v) is 14.2. The zero-order chi connectivity index (χ0) is 45.5. The van der Waals surface area contributed by atoms with Gasteiger partial charge >= 0.3 is 12.1 Å². The van der Waals surface area contributed by atoms with Crippen LogP contribution in [0.5, 0.6) is 0 Å². The van der Waals surface area contributed by atoms with Crippen molar-refractivity contribution in [3.05, 3.63) is 48.2 Å². The summed E-state index contributed by atoms with van der Waals surface area (Å²) >= 11 is 0. The summed E-state index contributed by atoms with van der Waals surface area (Å²) < 4.78 is 39.9. The fourth-order valence-corrected chi connectivity index (χ4v) is 10.8. The molecule has 6 bridgehead atoms. The van der Waals surface area contributed by atoms with Gasteiger partial charge in [0.25, 0.3) is 0 Å². The van der Waals surface area contributed by atoms with Crippen molar-refractivity contribution < 1.29 is 52.7 Å². The van der Waals surface area contributed by atoms with Crippen LogP contribution < -0.4 is 5.73 Å². The molecule has 5 fully saturated rings. The minimum absolute atomic E-state index is 0.00721. The minimum atomic E-state index is -1.41. The molecule has 2 aromatic rings. The number of amides is 1. The Hall–Kier alpha value is -4.19. The number of esters is 1. The molecule has 5 aliphatic heterocycles. The summed E-state index contributed by atoms with van der Waals surface area (Å²) in [5.74, 6) is -4.10. The van der Waals surface area contributed by atoms with Gasteiger partial charge < -0.3 is 49.0 Å². The summed E-state index contributed by atoms with van der Waals surface area (Å²) in [5.41, 5.74) is 6.65. The maximum absolute atomic E-state index is 14.9. The van der Waals surface area contributed by atoms with E-state index in [2.05, 4.69) is 0 Å². The third kappa shape index (κ3) is 9.35. The normalized spacial score (nSPS) is 39.6. The Morgan fingerprint density at radius 2 is 1.78 bits per heavy atom. The van der Waals surface area contributed by atoms with Crippen LogP contribution in [0.15, 0.2) is 47.6 Å². The number of anilines is 1. The van der Waals surface area contributed by atoms with E-state index in [9.17, 15) is 19.5 Å². The molecule has 3 N–H and O–H groups in total. The van der Waals surface area contributed by atoms with Crippen molar-refractivity contribution in [3.8, 4) is 11.3 Å².